The number of rotatable bonds is 17. The van der Waals surface area contributed by atoms with Crippen LogP contribution in [0.15, 0.2) is 12.2 Å². The molecule has 0 bridgehead atoms. The first-order chi connectivity index (χ1) is 13.6. The summed E-state index contributed by atoms with van der Waals surface area (Å²) in [6, 6.07) is 0. The molecule has 1 heterocycles. The highest BCUT2D eigenvalue weighted by Crippen LogP contribution is 2.10. The van der Waals surface area contributed by atoms with Gasteiger partial charge in [0.25, 0.3) is 0 Å². The van der Waals surface area contributed by atoms with E-state index in [0.29, 0.717) is 10.2 Å². The summed E-state index contributed by atoms with van der Waals surface area (Å²) in [4.78, 5) is 0. The van der Waals surface area contributed by atoms with Crippen molar-refractivity contribution in [2.75, 3.05) is 6.54 Å². The lowest BCUT2D eigenvalue weighted by Gasteiger charge is -2.39. The molecule has 1 fully saturated rings. The number of hydrogen-bond donors (Lipinski definition) is 4. The standard InChI is InChI=1S/C22H42N4S2/c1-3-4-5-6-7-8-9-10-11-12-13-14-15-16-17-18-19-23-22(2)25-20(27)24-21(28)26-22/h10-11,23H,3-9,12-19H2,1-2H3,(H3,24,25,26,27,28)/b11-10-. The first kappa shape index (κ1) is 25.3. The van der Waals surface area contributed by atoms with Crippen LogP contribution in [0.1, 0.15) is 104 Å². The average Bonchev–Trinajstić information content (AvgIpc) is 2.63. The molecule has 0 aromatic carbocycles. The zero-order chi connectivity index (χ0) is 20.5. The summed E-state index contributed by atoms with van der Waals surface area (Å²) in [5.41, 5.74) is 0. The van der Waals surface area contributed by atoms with E-state index < -0.39 is 5.79 Å². The van der Waals surface area contributed by atoms with E-state index in [1.165, 1.54) is 89.9 Å². The van der Waals surface area contributed by atoms with Gasteiger partial charge in [0.2, 0.25) is 0 Å². The van der Waals surface area contributed by atoms with Crippen LogP contribution in [-0.2, 0) is 0 Å². The average molecular weight is 427 g/mol. The maximum absolute atomic E-state index is 5.16. The van der Waals surface area contributed by atoms with Gasteiger partial charge in [0.1, 0.15) is 0 Å². The molecule has 162 valence electrons. The molecular formula is C22H42N4S2. The summed E-state index contributed by atoms with van der Waals surface area (Å²) < 4.78 is 0. The Morgan fingerprint density at radius 3 is 1.75 bits per heavy atom. The number of thiocarbonyl (C=S) groups is 2. The number of hydrogen-bond acceptors (Lipinski definition) is 3. The fourth-order valence-electron chi connectivity index (χ4n) is 3.45. The van der Waals surface area contributed by atoms with Gasteiger partial charge < -0.3 is 16.0 Å². The molecule has 6 heteroatoms. The van der Waals surface area contributed by atoms with Crippen molar-refractivity contribution in [3.8, 4) is 0 Å². The number of unbranched alkanes of at least 4 members (excludes halogenated alkanes) is 12. The lowest BCUT2D eigenvalue weighted by molar-refractivity contribution is 0.290. The Labute approximate surface area is 184 Å². The smallest absolute Gasteiger partial charge is 0.175 e. The van der Waals surface area contributed by atoms with Crippen molar-refractivity contribution < 1.29 is 0 Å². The predicted molar refractivity (Wildman–Crippen MR) is 130 cm³/mol. The topological polar surface area (TPSA) is 48.1 Å². The van der Waals surface area contributed by atoms with E-state index in [4.69, 9.17) is 24.4 Å². The second-order valence-corrected chi connectivity index (χ2v) is 8.84. The molecule has 0 aliphatic carbocycles. The Kier molecular flexibility index (Phi) is 14.6. The molecule has 0 aromatic rings. The van der Waals surface area contributed by atoms with Crippen LogP contribution in [0.4, 0.5) is 0 Å². The van der Waals surface area contributed by atoms with Crippen LogP contribution in [0.2, 0.25) is 0 Å². The Morgan fingerprint density at radius 2 is 1.21 bits per heavy atom. The van der Waals surface area contributed by atoms with Crippen LogP contribution < -0.4 is 21.3 Å². The summed E-state index contributed by atoms with van der Waals surface area (Å²) in [7, 11) is 0. The zero-order valence-corrected chi connectivity index (χ0v) is 19.7. The quantitative estimate of drug-likeness (QED) is 0.137. The van der Waals surface area contributed by atoms with Gasteiger partial charge in [-0.1, -0.05) is 76.9 Å². The van der Waals surface area contributed by atoms with Crippen LogP contribution in [0, 0.1) is 0 Å². The molecule has 0 amide bonds. The summed E-state index contributed by atoms with van der Waals surface area (Å²) in [5.74, 6) is -0.443. The highest BCUT2D eigenvalue weighted by molar-refractivity contribution is 7.81. The molecule has 1 aliphatic heterocycles. The second-order valence-electron chi connectivity index (χ2n) is 8.02. The molecule has 4 nitrogen and oxygen atoms in total. The van der Waals surface area contributed by atoms with Crippen molar-refractivity contribution in [1.29, 1.82) is 0 Å². The lowest BCUT2D eigenvalue weighted by atomic mass is 10.1. The summed E-state index contributed by atoms with van der Waals surface area (Å²) in [5, 5.41) is 13.9. The van der Waals surface area contributed by atoms with Crippen molar-refractivity contribution >= 4 is 34.7 Å². The highest BCUT2D eigenvalue weighted by Gasteiger charge is 2.29. The van der Waals surface area contributed by atoms with Crippen LogP contribution in [0.25, 0.3) is 0 Å². The minimum Gasteiger partial charge on any atom is -0.328 e. The Hall–Kier alpha value is -0.720. The van der Waals surface area contributed by atoms with E-state index in [0.717, 1.165) is 6.54 Å². The SMILES string of the molecule is CCCCCCCC/C=C\CCCCCCCCNC1(C)NC(=S)NC(=S)N1. The molecule has 0 radical (unpaired) electrons. The van der Waals surface area contributed by atoms with E-state index in [1.54, 1.807) is 0 Å². The van der Waals surface area contributed by atoms with Crippen molar-refractivity contribution in [3.05, 3.63) is 12.2 Å². The van der Waals surface area contributed by atoms with Gasteiger partial charge in [0, 0.05) is 0 Å². The summed E-state index contributed by atoms with van der Waals surface area (Å²) >= 11 is 10.3. The largest absolute Gasteiger partial charge is 0.328 e. The molecule has 1 aliphatic rings. The van der Waals surface area contributed by atoms with Gasteiger partial charge in [0.05, 0.1) is 0 Å². The van der Waals surface area contributed by atoms with Gasteiger partial charge in [-0.3, -0.25) is 5.32 Å². The van der Waals surface area contributed by atoms with Crippen molar-refractivity contribution in [2.24, 2.45) is 0 Å². The van der Waals surface area contributed by atoms with E-state index in [2.05, 4.69) is 40.3 Å². The van der Waals surface area contributed by atoms with E-state index >= 15 is 0 Å². The molecule has 0 saturated carbocycles. The second kappa shape index (κ2) is 16.1. The van der Waals surface area contributed by atoms with Gasteiger partial charge >= 0.3 is 0 Å². The van der Waals surface area contributed by atoms with E-state index in [9.17, 15) is 0 Å². The highest BCUT2D eigenvalue weighted by atomic mass is 32.1. The predicted octanol–water partition coefficient (Wildman–Crippen LogP) is 5.64. The fraction of sp³-hybridized carbons (Fsp3) is 0.818. The van der Waals surface area contributed by atoms with Crippen molar-refractivity contribution in [2.45, 2.75) is 110 Å². The Balaban J connectivity index is 1.85. The van der Waals surface area contributed by atoms with Crippen LogP contribution in [-0.4, -0.2) is 22.6 Å². The van der Waals surface area contributed by atoms with Gasteiger partial charge in [-0.05, 0) is 70.0 Å². The third-order valence-electron chi connectivity index (χ3n) is 5.12. The van der Waals surface area contributed by atoms with Crippen LogP contribution >= 0.6 is 24.4 Å². The van der Waals surface area contributed by atoms with E-state index in [1.807, 2.05) is 6.92 Å². The van der Waals surface area contributed by atoms with Crippen molar-refractivity contribution in [1.82, 2.24) is 21.3 Å². The maximum Gasteiger partial charge on any atom is 0.175 e. The number of nitrogens with one attached hydrogen (secondary N) is 4. The molecule has 1 rings (SSSR count). The first-order valence-corrected chi connectivity index (χ1v) is 12.2. The van der Waals surface area contributed by atoms with Crippen LogP contribution in [0.3, 0.4) is 0 Å². The molecule has 4 N–H and O–H groups in total. The summed E-state index contributed by atoms with van der Waals surface area (Å²) in [6.45, 7) is 5.24. The molecule has 1 saturated heterocycles. The lowest BCUT2D eigenvalue weighted by Crippen LogP contribution is -2.74. The Morgan fingerprint density at radius 1 is 0.750 bits per heavy atom. The van der Waals surface area contributed by atoms with Crippen LogP contribution in [0.5, 0.6) is 0 Å². The normalized spacial score (nSPS) is 16.1. The first-order valence-electron chi connectivity index (χ1n) is 11.4. The molecule has 28 heavy (non-hydrogen) atoms. The van der Waals surface area contributed by atoms with Gasteiger partial charge in [-0.2, -0.15) is 0 Å². The molecule has 0 spiro atoms. The number of allylic oxidation sites excluding steroid dienone is 2. The molecule has 0 unspecified atom stereocenters. The maximum atomic E-state index is 5.16. The Bertz CT molecular complexity index is 449. The molecule has 0 atom stereocenters. The van der Waals surface area contributed by atoms with Gasteiger partial charge in [0.15, 0.2) is 16.0 Å². The van der Waals surface area contributed by atoms with E-state index in [-0.39, 0.29) is 0 Å². The van der Waals surface area contributed by atoms with Gasteiger partial charge in [-0.15, -0.1) is 0 Å². The fourth-order valence-corrected chi connectivity index (χ4v) is 4.13. The zero-order valence-electron chi connectivity index (χ0n) is 18.1. The van der Waals surface area contributed by atoms with Crippen molar-refractivity contribution in [3.63, 3.8) is 0 Å². The monoisotopic (exact) mass is 426 g/mol. The third kappa shape index (κ3) is 13.5. The van der Waals surface area contributed by atoms with Gasteiger partial charge in [-0.25, -0.2) is 0 Å². The minimum atomic E-state index is -0.443. The molecular weight excluding hydrogens is 384 g/mol. The third-order valence-corrected chi connectivity index (χ3v) is 5.53. The molecule has 0 aromatic heterocycles. The minimum absolute atomic E-state index is 0.443. The summed E-state index contributed by atoms with van der Waals surface area (Å²) in [6.07, 6.45) is 23.4.